The number of para-hydroxylation sites is 1. The van der Waals surface area contributed by atoms with Gasteiger partial charge in [-0.25, -0.2) is 4.79 Å². The van der Waals surface area contributed by atoms with Crippen molar-refractivity contribution in [2.75, 3.05) is 18.4 Å². The Morgan fingerprint density at radius 3 is 2.39 bits per heavy atom. The van der Waals surface area contributed by atoms with Crippen LogP contribution >= 0.6 is 0 Å². The largest absolute Gasteiger partial charge is 0.444 e. The van der Waals surface area contributed by atoms with Crippen LogP contribution in [0.4, 0.5) is 10.5 Å². The molecular weight excluding hydrogens is 420 g/mol. The Bertz CT molecular complexity index is 1050. The molecule has 2 aromatic carbocycles. The summed E-state index contributed by atoms with van der Waals surface area (Å²) in [5.74, 6) is -1.05. The molecule has 0 bridgehead atoms. The second kappa shape index (κ2) is 11.1. The molecule has 2 N–H and O–H groups in total. The van der Waals surface area contributed by atoms with Crippen molar-refractivity contribution in [3.63, 3.8) is 0 Å². The third-order valence-electron chi connectivity index (χ3n) is 4.67. The van der Waals surface area contributed by atoms with E-state index in [0.717, 1.165) is 16.0 Å². The fraction of sp³-hybridized carbons (Fsp3) is 0.360. The van der Waals surface area contributed by atoms with Gasteiger partial charge in [-0.1, -0.05) is 48.0 Å². The molecule has 1 atom stereocenters. The Morgan fingerprint density at radius 1 is 1.09 bits per heavy atom. The number of anilines is 1. The van der Waals surface area contributed by atoms with E-state index >= 15 is 0 Å². The van der Waals surface area contributed by atoms with Crippen molar-refractivity contribution in [1.29, 1.82) is 5.26 Å². The Kier molecular flexibility index (Phi) is 8.57. The van der Waals surface area contributed by atoms with Crippen molar-refractivity contribution < 1.29 is 19.1 Å². The molecule has 0 aliphatic rings. The summed E-state index contributed by atoms with van der Waals surface area (Å²) in [5, 5.41) is 14.7. The number of alkyl carbamates (subject to hydrolysis) is 1. The summed E-state index contributed by atoms with van der Waals surface area (Å²) in [5.41, 5.74) is 2.20. The van der Waals surface area contributed by atoms with Gasteiger partial charge in [0, 0.05) is 5.69 Å². The highest BCUT2D eigenvalue weighted by atomic mass is 16.6. The number of carbonyl (C=O) groups is 3. The Balaban J connectivity index is 2.34. The number of amides is 3. The lowest BCUT2D eigenvalue weighted by Gasteiger charge is -2.30. The van der Waals surface area contributed by atoms with Crippen LogP contribution < -0.4 is 10.6 Å². The highest BCUT2D eigenvalue weighted by Gasteiger charge is 2.32. The molecule has 1 unspecified atom stereocenters. The molecule has 0 aliphatic heterocycles. The number of hydrogen-bond donors (Lipinski definition) is 2. The van der Waals surface area contributed by atoms with Crippen LogP contribution in [0.1, 0.15) is 43.5 Å². The summed E-state index contributed by atoms with van der Waals surface area (Å²) >= 11 is 0. The van der Waals surface area contributed by atoms with Gasteiger partial charge in [0.25, 0.3) is 5.91 Å². The van der Waals surface area contributed by atoms with E-state index in [1.807, 2.05) is 38.1 Å². The zero-order chi connectivity index (χ0) is 24.6. The number of nitriles is 1. The van der Waals surface area contributed by atoms with Gasteiger partial charge in [-0.15, -0.1) is 0 Å². The topological polar surface area (TPSA) is 112 Å². The number of nitrogens with one attached hydrogen (secondary N) is 2. The molecule has 0 spiro atoms. The highest BCUT2D eigenvalue weighted by molar-refractivity contribution is 5.99. The third-order valence-corrected chi connectivity index (χ3v) is 4.67. The maximum absolute atomic E-state index is 13.4. The number of rotatable bonds is 7. The second-order valence-electron chi connectivity index (χ2n) is 8.66. The first-order chi connectivity index (χ1) is 15.5. The van der Waals surface area contributed by atoms with Gasteiger partial charge in [-0.05, 0) is 51.8 Å². The Morgan fingerprint density at radius 2 is 1.79 bits per heavy atom. The van der Waals surface area contributed by atoms with E-state index in [0.29, 0.717) is 11.3 Å². The highest BCUT2D eigenvalue weighted by Crippen LogP contribution is 2.25. The molecule has 3 amide bonds. The van der Waals surface area contributed by atoms with Crippen LogP contribution in [0, 0.1) is 25.2 Å². The number of benzene rings is 2. The Labute approximate surface area is 194 Å². The fourth-order valence-corrected chi connectivity index (χ4v) is 3.19. The summed E-state index contributed by atoms with van der Waals surface area (Å²) in [6.45, 7) is 8.10. The molecule has 2 rings (SSSR count). The summed E-state index contributed by atoms with van der Waals surface area (Å²) in [6.07, 6.45) is -0.760. The van der Waals surface area contributed by atoms with Crippen molar-refractivity contribution in [3.8, 4) is 6.07 Å². The van der Waals surface area contributed by atoms with Gasteiger partial charge in [0.15, 0.2) is 0 Å². The van der Waals surface area contributed by atoms with Crippen molar-refractivity contribution in [1.82, 2.24) is 10.2 Å². The molecule has 0 aliphatic carbocycles. The predicted octanol–water partition coefficient (Wildman–Crippen LogP) is 3.86. The molecule has 0 heterocycles. The van der Waals surface area contributed by atoms with Crippen LogP contribution in [0.5, 0.6) is 0 Å². The van der Waals surface area contributed by atoms with Crippen molar-refractivity contribution in [2.24, 2.45) is 0 Å². The number of nitrogens with zero attached hydrogens (tertiary/aromatic N) is 2. The number of ether oxygens (including phenoxy) is 1. The molecular formula is C25H30N4O4. The van der Waals surface area contributed by atoms with E-state index in [2.05, 4.69) is 10.6 Å². The van der Waals surface area contributed by atoms with Crippen LogP contribution in [-0.4, -0.2) is 41.5 Å². The first-order valence-electron chi connectivity index (χ1n) is 10.6. The number of carbonyl (C=O) groups excluding carboxylic acids is 3. The van der Waals surface area contributed by atoms with Crippen LogP contribution in [0.2, 0.25) is 0 Å². The first-order valence-corrected chi connectivity index (χ1v) is 10.6. The number of hydrogen-bond acceptors (Lipinski definition) is 5. The molecule has 0 fully saturated rings. The van der Waals surface area contributed by atoms with Gasteiger partial charge in [0.05, 0.1) is 6.07 Å². The zero-order valence-corrected chi connectivity index (χ0v) is 19.6. The standard InChI is InChI=1S/C25H30N4O4/c1-17-9-8-11-19(15-17)22(23(31)28-20-12-7-6-10-18(20)2)29(14-13-26)21(30)16-27-24(32)33-25(3,4)5/h6-12,15,22H,14,16H2,1-5H3,(H,27,32)(H,28,31). The van der Waals surface area contributed by atoms with Gasteiger partial charge in [-0.3, -0.25) is 9.59 Å². The minimum atomic E-state index is -1.07. The summed E-state index contributed by atoms with van der Waals surface area (Å²) in [4.78, 5) is 39.6. The van der Waals surface area contributed by atoms with Crippen LogP contribution in [0.3, 0.4) is 0 Å². The minimum absolute atomic E-state index is 0.339. The van der Waals surface area contributed by atoms with E-state index in [1.165, 1.54) is 0 Å². The van der Waals surface area contributed by atoms with Crippen LogP contribution in [0.15, 0.2) is 48.5 Å². The molecule has 0 radical (unpaired) electrons. The average molecular weight is 451 g/mol. The predicted molar refractivity (Wildman–Crippen MR) is 125 cm³/mol. The summed E-state index contributed by atoms with van der Waals surface area (Å²) in [6, 6.07) is 15.3. The molecule has 0 aromatic heterocycles. The molecule has 0 saturated heterocycles. The normalized spacial score (nSPS) is 11.6. The molecule has 0 saturated carbocycles. The van der Waals surface area contributed by atoms with Gasteiger partial charge >= 0.3 is 6.09 Å². The van der Waals surface area contributed by atoms with E-state index in [1.54, 1.807) is 51.1 Å². The second-order valence-corrected chi connectivity index (χ2v) is 8.66. The zero-order valence-electron chi connectivity index (χ0n) is 19.6. The summed E-state index contributed by atoms with van der Waals surface area (Å²) < 4.78 is 5.16. The maximum Gasteiger partial charge on any atom is 0.408 e. The van der Waals surface area contributed by atoms with Crippen LogP contribution in [0.25, 0.3) is 0 Å². The van der Waals surface area contributed by atoms with E-state index in [4.69, 9.17) is 4.74 Å². The minimum Gasteiger partial charge on any atom is -0.444 e. The summed E-state index contributed by atoms with van der Waals surface area (Å²) in [7, 11) is 0. The van der Waals surface area contributed by atoms with Gasteiger partial charge in [0.1, 0.15) is 24.7 Å². The monoisotopic (exact) mass is 450 g/mol. The number of aryl methyl sites for hydroxylation is 2. The lowest BCUT2D eigenvalue weighted by Crippen LogP contribution is -2.46. The molecule has 8 heteroatoms. The molecule has 174 valence electrons. The van der Waals surface area contributed by atoms with Crippen molar-refractivity contribution in [2.45, 2.75) is 46.3 Å². The SMILES string of the molecule is Cc1cccc(C(C(=O)Nc2ccccc2C)N(CC#N)C(=O)CNC(=O)OC(C)(C)C)c1. The van der Waals surface area contributed by atoms with Gasteiger partial charge < -0.3 is 20.3 Å². The third kappa shape index (κ3) is 7.65. The van der Waals surface area contributed by atoms with E-state index < -0.39 is 36.1 Å². The van der Waals surface area contributed by atoms with Gasteiger partial charge in [-0.2, -0.15) is 5.26 Å². The fourth-order valence-electron chi connectivity index (χ4n) is 3.19. The van der Waals surface area contributed by atoms with Crippen molar-refractivity contribution >= 4 is 23.6 Å². The lowest BCUT2D eigenvalue weighted by atomic mass is 10.0. The average Bonchev–Trinajstić information content (AvgIpc) is 2.72. The van der Waals surface area contributed by atoms with E-state index in [9.17, 15) is 19.6 Å². The van der Waals surface area contributed by atoms with Gasteiger partial charge in [0.2, 0.25) is 5.91 Å². The van der Waals surface area contributed by atoms with Crippen molar-refractivity contribution in [3.05, 3.63) is 65.2 Å². The Hall–Kier alpha value is -3.86. The van der Waals surface area contributed by atoms with E-state index in [-0.39, 0.29) is 6.54 Å². The maximum atomic E-state index is 13.4. The molecule has 33 heavy (non-hydrogen) atoms. The first kappa shape index (κ1) is 25.4. The molecule has 2 aromatic rings. The molecule has 8 nitrogen and oxygen atoms in total. The van der Waals surface area contributed by atoms with Crippen LogP contribution in [-0.2, 0) is 14.3 Å². The smallest absolute Gasteiger partial charge is 0.408 e. The lowest BCUT2D eigenvalue weighted by molar-refractivity contribution is -0.137. The quantitative estimate of drug-likeness (QED) is 0.622.